The molecule has 0 rings (SSSR count). The average molecular weight is 272 g/mol. The molecule has 0 aliphatic carbocycles. The SMILES string of the molecule is CCOP(=S)(OCC)SC(C)C(=O)OC. The lowest BCUT2D eigenvalue weighted by atomic mass is 10.5. The van der Waals surface area contributed by atoms with Crippen molar-refractivity contribution < 1.29 is 18.6 Å². The van der Waals surface area contributed by atoms with Gasteiger partial charge in [-0.2, -0.15) is 0 Å². The molecule has 0 spiro atoms. The highest BCUT2D eigenvalue weighted by Gasteiger charge is 2.26. The van der Waals surface area contributed by atoms with Gasteiger partial charge in [-0.3, -0.25) is 4.79 Å². The predicted molar refractivity (Wildman–Crippen MR) is 66.6 cm³/mol. The van der Waals surface area contributed by atoms with Gasteiger partial charge in [0.15, 0.2) is 0 Å². The van der Waals surface area contributed by atoms with Crippen LogP contribution in [0, 0.1) is 0 Å². The number of rotatable bonds is 7. The molecule has 90 valence electrons. The van der Waals surface area contributed by atoms with Crippen molar-refractivity contribution in [2.45, 2.75) is 26.0 Å². The Labute approximate surface area is 100.0 Å². The molecule has 0 aromatic carbocycles. The van der Waals surface area contributed by atoms with Crippen molar-refractivity contribution in [1.82, 2.24) is 0 Å². The lowest BCUT2D eigenvalue weighted by Crippen LogP contribution is -2.15. The van der Waals surface area contributed by atoms with E-state index >= 15 is 0 Å². The maximum atomic E-state index is 11.2. The normalized spacial score (nSPS) is 13.6. The van der Waals surface area contributed by atoms with Crippen LogP contribution in [0.5, 0.6) is 0 Å². The second-order valence-electron chi connectivity index (χ2n) is 2.55. The molecule has 1 unspecified atom stereocenters. The molecule has 0 aromatic heterocycles. The zero-order valence-electron chi connectivity index (χ0n) is 9.39. The van der Waals surface area contributed by atoms with Gasteiger partial charge in [0.25, 0.3) is 0 Å². The average Bonchev–Trinajstić information content (AvgIpc) is 2.16. The first-order chi connectivity index (χ1) is 6.99. The third kappa shape index (κ3) is 5.88. The summed E-state index contributed by atoms with van der Waals surface area (Å²) < 4.78 is 15.4. The quantitative estimate of drug-likeness (QED) is 0.524. The summed E-state index contributed by atoms with van der Waals surface area (Å²) in [6.45, 7) is 6.40. The highest BCUT2D eigenvalue weighted by Crippen LogP contribution is 2.62. The van der Waals surface area contributed by atoms with Gasteiger partial charge in [-0.15, -0.1) is 0 Å². The van der Waals surface area contributed by atoms with Gasteiger partial charge >= 0.3 is 5.97 Å². The third-order valence-electron chi connectivity index (χ3n) is 1.39. The van der Waals surface area contributed by atoms with Crippen molar-refractivity contribution in [2.24, 2.45) is 0 Å². The van der Waals surface area contributed by atoms with Crippen LogP contribution in [0.25, 0.3) is 0 Å². The maximum absolute atomic E-state index is 11.2. The van der Waals surface area contributed by atoms with Gasteiger partial charge < -0.3 is 13.8 Å². The topological polar surface area (TPSA) is 44.8 Å². The van der Waals surface area contributed by atoms with E-state index in [1.807, 2.05) is 13.8 Å². The number of ether oxygens (including phenoxy) is 1. The molecule has 15 heavy (non-hydrogen) atoms. The van der Waals surface area contributed by atoms with Crippen LogP contribution in [0.1, 0.15) is 20.8 Å². The van der Waals surface area contributed by atoms with Crippen LogP contribution in [-0.2, 0) is 30.4 Å². The van der Waals surface area contributed by atoms with Gasteiger partial charge in [-0.1, -0.05) is 11.4 Å². The Bertz CT molecular complexity index is 237. The first kappa shape index (κ1) is 15.4. The molecule has 0 aliphatic rings. The standard InChI is InChI=1S/C8H17O4PS2/c1-5-11-13(14,12-6-2)15-7(3)8(9)10-4/h7H,5-6H2,1-4H3. The third-order valence-corrected chi connectivity index (χ3v) is 7.07. The van der Waals surface area contributed by atoms with E-state index in [-0.39, 0.29) is 11.2 Å². The van der Waals surface area contributed by atoms with Crippen LogP contribution < -0.4 is 0 Å². The number of esters is 1. The second kappa shape index (κ2) is 7.63. The molecule has 0 saturated heterocycles. The fourth-order valence-corrected chi connectivity index (χ4v) is 6.43. The highest BCUT2D eigenvalue weighted by molar-refractivity contribution is 8.68. The Morgan fingerprint density at radius 2 is 1.87 bits per heavy atom. The highest BCUT2D eigenvalue weighted by atomic mass is 32.9. The van der Waals surface area contributed by atoms with E-state index < -0.39 is 5.69 Å². The number of hydrogen-bond acceptors (Lipinski definition) is 6. The fraction of sp³-hybridized carbons (Fsp3) is 0.875. The van der Waals surface area contributed by atoms with Crippen LogP contribution in [0.15, 0.2) is 0 Å². The van der Waals surface area contributed by atoms with Crippen molar-refractivity contribution in [1.29, 1.82) is 0 Å². The van der Waals surface area contributed by atoms with Gasteiger partial charge in [0, 0.05) is 0 Å². The largest absolute Gasteiger partial charge is 0.468 e. The second-order valence-corrected chi connectivity index (χ2v) is 9.09. The number of methoxy groups -OCH3 is 1. The van der Waals surface area contributed by atoms with E-state index in [1.54, 1.807) is 6.92 Å². The Kier molecular flexibility index (Phi) is 7.83. The summed E-state index contributed by atoms with van der Waals surface area (Å²) in [6, 6.07) is 0. The van der Waals surface area contributed by atoms with Crippen molar-refractivity contribution in [3.63, 3.8) is 0 Å². The van der Waals surface area contributed by atoms with E-state index in [2.05, 4.69) is 4.74 Å². The Balaban J connectivity index is 4.40. The summed E-state index contributed by atoms with van der Waals surface area (Å²) in [6.07, 6.45) is 0. The van der Waals surface area contributed by atoms with Crippen LogP contribution >= 0.6 is 17.1 Å². The summed E-state index contributed by atoms with van der Waals surface area (Å²) in [7, 11) is 1.35. The molecule has 4 nitrogen and oxygen atoms in total. The molecule has 1 atom stereocenters. The van der Waals surface area contributed by atoms with Gasteiger partial charge in [0.2, 0.25) is 5.69 Å². The molecule has 0 aliphatic heterocycles. The lowest BCUT2D eigenvalue weighted by Gasteiger charge is -2.22. The van der Waals surface area contributed by atoms with Crippen molar-refractivity contribution in [3.8, 4) is 0 Å². The summed E-state index contributed by atoms with van der Waals surface area (Å²) in [5.74, 6) is -0.311. The van der Waals surface area contributed by atoms with Crippen molar-refractivity contribution in [3.05, 3.63) is 0 Å². The smallest absolute Gasteiger partial charge is 0.319 e. The van der Waals surface area contributed by atoms with Gasteiger partial charge in [0.1, 0.15) is 5.25 Å². The molecule has 0 heterocycles. The van der Waals surface area contributed by atoms with E-state index in [1.165, 1.54) is 18.5 Å². The number of carbonyl (C=O) groups is 1. The van der Waals surface area contributed by atoms with Crippen LogP contribution in [0.2, 0.25) is 0 Å². The van der Waals surface area contributed by atoms with Crippen molar-refractivity contribution in [2.75, 3.05) is 20.3 Å². The van der Waals surface area contributed by atoms with E-state index in [0.717, 1.165) is 0 Å². The van der Waals surface area contributed by atoms with Crippen molar-refractivity contribution >= 4 is 34.9 Å². The number of carbonyl (C=O) groups excluding carboxylic acids is 1. The molecule has 0 radical (unpaired) electrons. The maximum Gasteiger partial charge on any atom is 0.319 e. The molecule has 7 heteroatoms. The molecule has 0 aromatic rings. The minimum Gasteiger partial charge on any atom is -0.468 e. The minimum absolute atomic E-state index is 0.311. The molecular formula is C8H17O4PS2. The van der Waals surface area contributed by atoms with Gasteiger partial charge in [-0.25, -0.2) is 0 Å². The predicted octanol–water partition coefficient (Wildman–Crippen LogP) is 2.58. The van der Waals surface area contributed by atoms with Crippen LogP contribution in [0.4, 0.5) is 0 Å². The fourth-order valence-electron chi connectivity index (χ4n) is 0.817. The molecule has 0 bridgehead atoms. The number of hydrogen-bond donors (Lipinski definition) is 0. The summed E-state index contributed by atoms with van der Waals surface area (Å²) in [4.78, 5) is 11.2. The molecule has 0 N–H and O–H groups in total. The Morgan fingerprint density at radius 3 is 2.20 bits per heavy atom. The summed E-state index contributed by atoms with van der Waals surface area (Å²) in [5.41, 5.74) is -2.39. The van der Waals surface area contributed by atoms with E-state index in [0.29, 0.717) is 13.2 Å². The Morgan fingerprint density at radius 1 is 1.40 bits per heavy atom. The van der Waals surface area contributed by atoms with Gasteiger partial charge in [0.05, 0.1) is 20.3 Å². The molecular weight excluding hydrogens is 255 g/mol. The van der Waals surface area contributed by atoms with Gasteiger partial charge in [-0.05, 0) is 32.6 Å². The van der Waals surface area contributed by atoms with E-state index in [4.69, 9.17) is 20.9 Å². The summed E-state index contributed by atoms with van der Waals surface area (Å²) in [5, 5.41) is -0.362. The zero-order chi connectivity index (χ0) is 11.9. The monoisotopic (exact) mass is 272 g/mol. The minimum atomic E-state index is -2.39. The first-order valence-electron chi connectivity index (χ1n) is 4.64. The molecule has 0 amide bonds. The van der Waals surface area contributed by atoms with Crippen LogP contribution in [0.3, 0.4) is 0 Å². The van der Waals surface area contributed by atoms with E-state index in [9.17, 15) is 4.79 Å². The Hall–Kier alpha value is 0.390. The summed E-state index contributed by atoms with van der Waals surface area (Å²) >= 11 is 6.50. The first-order valence-corrected chi connectivity index (χ1v) is 8.76. The lowest BCUT2D eigenvalue weighted by molar-refractivity contribution is -0.139. The zero-order valence-corrected chi connectivity index (χ0v) is 11.9. The molecule has 0 fully saturated rings. The van der Waals surface area contributed by atoms with Crippen LogP contribution in [-0.4, -0.2) is 31.5 Å². The molecule has 0 saturated carbocycles.